The molecule has 20 heavy (non-hydrogen) atoms. The van der Waals surface area contributed by atoms with Gasteiger partial charge >= 0.3 is 0 Å². The molecule has 5 heteroatoms. The zero-order valence-electron chi connectivity index (χ0n) is 11.3. The Labute approximate surface area is 118 Å². The monoisotopic (exact) mass is 271 g/mol. The molecular weight excluding hydrogens is 254 g/mol. The van der Waals surface area contributed by atoms with Gasteiger partial charge in [-0.05, 0) is 30.5 Å². The minimum atomic E-state index is -0.177. The minimum Gasteiger partial charge on any atom is -0.355 e. The quantitative estimate of drug-likeness (QED) is 0.854. The maximum atomic E-state index is 11.7. The molecule has 0 bridgehead atoms. The number of hydrogen-bond donors (Lipinski definition) is 2. The van der Waals surface area contributed by atoms with Crippen LogP contribution in [0.3, 0.4) is 0 Å². The van der Waals surface area contributed by atoms with E-state index in [1.807, 2.05) is 13.0 Å². The van der Waals surface area contributed by atoms with Crippen LogP contribution in [0.5, 0.6) is 0 Å². The number of carbonyl (C=O) groups is 2. The average molecular weight is 271 g/mol. The summed E-state index contributed by atoms with van der Waals surface area (Å²) < 4.78 is 0. The van der Waals surface area contributed by atoms with Crippen molar-refractivity contribution >= 4 is 17.5 Å². The molecule has 1 aliphatic carbocycles. The zero-order chi connectivity index (χ0) is 14.5. The molecule has 2 amide bonds. The van der Waals surface area contributed by atoms with Gasteiger partial charge in [-0.15, -0.1) is 0 Å². The Morgan fingerprint density at radius 2 is 2.20 bits per heavy atom. The van der Waals surface area contributed by atoms with Gasteiger partial charge in [0.15, 0.2) is 0 Å². The van der Waals surface area contributed by atoms with E-state index in [4.69, 9.17) is 5.26 Å². The highest BCUT2D eigenvalue weighted by Gasteiger charge is 2.38. The molecule has 1 saturated carbocycles. The van der Waals surface area contributed by atoms with E-state index in [-0.39, 0.29) is 24.2 Å². The predicted octanol–water partition coefficient (Wildman–Crippen LogP) is 1.66. The van der Waals surface area contributed by atoms with E-state index in [2.05, 4.69) is 10.6 Å². The van der Waals surface area contributed by atoms with Gasteiger partial charge in [0, 0.05) is 24.6 Å². The van der Waals surface area contributed by atoms with Crippen molar-refractivity contribution in [3.63, 3.8) is 0 Å². The number of nitrogens with one attached hydrogen (secondary N) is 2. The Morgan fingerprint density at radius 3 is 2.85 bits per heavy atom. The Kier molecular flexibility index (Phi) is 4.36. The molecule has 0 radical (unpaired) electrons. The van der Waals surface area contributed by atoms with E-state index in [1.165, 1.54) is 0 Å². The summed E-state index contributed by atoms with van der Waals surface area (Å²) in [7, 11) is 0. The van der Waals surface area contributed by atoms with Crippen molar-refractivity contribution in [2.24, 2.45) is 11.8 Å². The van der Waals surface area contributed by atoms with Gasteiger partial charge in [-0.1, -0.05) is 13.0 Å². The van der Waals surface area contributed by atoms with E-state index in [0.29, 0.717) is 23.7 Å². The molecule has 1 aromatic carbocycles. The van der Waals surface area contributed by atoms with Crippen molar-refractivity contribution in [2.75, 3.05) is 11.9 Å². The molecule has 0 unspecified atom stereocenters. The largest absolute Gasteiger partial charge is 0.355 e. The summed E-state index contributed by atoms with van der Waals surface area (Å²) in [4.78, 5) is 23.3. The molecule has 1 fully saturated rings. The fraction of sp³-hybridized carbons (Fsp3) is 0.400. The van der Waals surface area contributed by atoms with Crippen LogP contribution < -0.4 is 10.6 Å². The lowest BCUT2D eigenvalue weighted by Crippen LogP contribution is -2.29. The number of rotatable bonds is 5. The summed E-state index contributed by atoms with van der Waals surface area (Å²) in [6, 6.07) is 8.74. The van der Waals surface area contributed by atoms with Crippen LogP contribution in [0.15, 0.2) is 24.3 Å². The molecule has 0 saturated heterocycles. The maximum Gasteiger partial charge on any atom is 0.226 e. The van der Waals surface area contributed by atoms with Gasteiger partial charge < -0.3 is 10.6 Å². The maximum absolute atomic E-state index is 11.7. The van der Waals surface area contributed by atoms with E-state index >= 15 is 0 Å². The first-order valence-corrected chi connectivity index (χ1v) is 6.68. The topological polar surface area (TPSA) is 82.0 Å². The summed E-state index contributed by atoms with van der Waals surface area (Å²) in [5, 5.41) is 14.2. The molecule has 1 aliphatic rings. The normalized spacial score (nSPS) is 19.8. The molecule has 0 spiro atoms. The predicted molar refractivity (Wildman–Crippen MR) is 74.7 cm³/mol. The van der Waals surface area contributed by atoms with Crippen LogP contribution in [-0.4, -0.2) is 18.4 Å². The Hall–Kier alpha value is -2.35. The van der Waals surface area contributed by atoms with Gasteiger partial charge in [0.2, 0.25) is 11.8 Å². The molecule has 104 valence electrons. The second kappa shape index (κ2) is 6.20. The lowest BCUT2D eigenvalue weighted by Gasteiger charge is -2.06. The van der Waals surface area contributed by atoms with Gasteiger partial charge in [-0.25, -0.2) is 0 Å². The van der Waals surface area contributed by atoms with Crippen LogP contribution in [0.1, 0.15) is 25.3 Å². The van der Waals surface area contributed by atoms with Crippen molar-refractivity contribution in [2.45, 2.75) is 19.8 Å². The minimum absolute atomic E-state index is 0.0387. The van der Waals surface area contributed by atoms with Crippen LogP contribution >= 0.6 is 0 Å². The van der Waals surface area contributed by atoms with E-state index in [9.17, 15) is 9.59 Å². The summed E-state index contributed by atoms with van der Waals surface area (Å²) in [5.74, 6) is 0.462. The second-order valence-corrected chi connectivity index (χ2v) is 5.10. The number of amides is 2. The molecule has 2 N–H and O–H groups in total. The van der Waals surface area contributed by atoms with Crippen molar-refractivity contribution in [3.8, 4) is 6.07 Å². The molecule has 0 heterocycles. The fourth-order valence-corrected chi connectivity index (χ4v) is 2.01. The highest BCUT2D eigenvalue weighted by molar-refractivity contribution is 5.91. The van der Waals surface area contributed by atoms with Gasteiger partial charge in [0.1, 0.15) is 0 Å². The Bertz CT molecular complexity index is 562. The Morgan fingerprint density at radius 1 is 1.45 bits per heavy atom. The summed E-state index contributed by atoms with van der Waals surface area (Å²) in [6.07, 6.45) is 1.17. The second-order valence-electron chi connectivity index (χ2n) is 5.10. The molecular formula is C15H17N3O2. The molecule has 1 aromatic rings. The van der Waals surface area contributed by atoms with E-state index in [0.717, 1.165) is 6.42 Å². The van der Waals surface area contributed by atoms with Gasteiger partial charge in [0.05, 0.1) is 11.6 Å². The standard InChI is InChI=1S/C15H17N3O2/c1-10-7-13(10)15(20)17-6-5-14(19)18-12-4-2-3-11(8-12)9-16/h2-4,8,10,13H,5-7H2,1H3,(H,17,20)(H,18,19)/t10-,13+/m0/s1. The van der Waals surface area contributed by atoms with Crippen LogP contribution in [0, 0.1) is 23.2 Å². The fourth-order valence-electron chi connectivity index (χ4n) is 2.01. The average Bonchev–Trinajstić information content (AvgIpc) is 3.16. The third-order valence-corrected chi connectivity index (χ3v) is 3.37. The number of carbonyl (C=O) groups excluding carboxylic acids is 2. The molecule has 0 aromatic heterocycles. The van der Waals surface area contributed by atoms with E-state index < -0.39 is 0 Å². The zero-order valence-corrected chi connectivity index (χ0v) is 11.3. The van der Waals surface area contributed by atoms with Crippen LogP contribution in [0.25, 0.3) is 0 Å². The van der Waals surface area contributed by atoms with Crippen LogP contribution in [-0.2, 0) is 9.59 Å². The highest BCUT2D eigenvalue weighted by atomic mass is 16.2. The SMILES string of the molecule is C[C@H]1C[C@H]1C(=O)NCCC(=O)Nc1cccc(C#N)c1. The van der Waals surface area contributed by atoms with Crippen LogP contribution in [0.2, 0.25) is 0 Å². The highest BCUT2D eigenvalue weighted by Crippen LogP contribution is 2.37. The first-order valence-electron chi connectivity index (χ1n) is 6.68. The first-order chi connectivity index (χ1) is 9.60. The van der Waals surface area contributed by atoms with Gasteiger partial charge in [0.25, 0.3) is 0 Å². The number of benzene rings is 1. The third-order valence-electron chi connectivity index (χ3n) is 3.37. The first kappa shape index (κ1) is 14.1. The molecule has 0 aliphatic heterocycles. The third kappa shape index (κ3) is 3.82. The smallest absolute Gasteiger partial charge is 0.226 e. The van der Waals surface area contributed by atoms with E-state index in [1.54, 1.807) is 24.3 Å². The summed E-state index contributed by atoms with van der Waals surface area (Å²) in [5.41, 5.74) is 1.09. The van der Waals surface area contributed by atoms with Crippen molar-refractivity contribution in [3.05, 3.63) is 29.8 Å². The lowest BCUT2D eigenvalue weighted by molar-refractivity contribution is -0.122. The van der Waals surface area contributed by atoms with Crippen LogP contribution in [0.4, 0.5) is 5.69 Å². The number of hydrogen-bond acceptors (Lipinski definition) is 3. The summed E-state index contributed by atoms with van der Waals surface area (Å²) in [6.45, 7) is 2.38. The molecule has 2 rings (SSSR count). The molecule has 5 nitrogen and oxygen atoms in total. The van der Waals surface area contributed by atoms with Crippen molar-refractivity contribution in [1.82, 2.24) is 5.32 Å². The number of nitrogens with zero attached hydrogens (tertiary/aromatic N) is 1. The Balaban J connectivity index is 1.72. The lowest BCUT2D eigenvalue weighted by atomic mass is 10.2. The molecule has 2 atom stereocenters. The van der Waals surface area contributed by atoms with Crippen molar-refractivity contribution in [1.29, 1.82) is 5.26 Å². The summed E-state index contributed by atoms with van der Waals surface area (Å²) >= 11 is 0. The van der Waals surface area contributed by atoms with Gasteiger partial charge in [-0.3, -0.25) is 9.59 Å². The number of anilines is 1. The number of nitriles is 1. The van der Waals surface area contributed by atoms with Crippen molar-refractivity contribution < 1.29 is 9.59 Å². The van der Waals surface area contributed by atoms with Gasteiger partial charge in [-0.2, -0.15) is 5.26 Å².